The lowest BCUT2D eigenvalue weighted by Gasteiger charge is -2.21. The molecule has 0 radical (unpaired) electrons. The van der Waals surface area contributed by atoms with Crippen LogP contribution in [0.1, 0.15) is 329 Å². The van der Waals surface area contributed by atoms with Crippen LogP contribution in [0.2, 0.25) is 0 Å². The van der Waals surface area contributed by atoms with Gasteiger partial charge in [0.05, 0.1) is 19.8 Å². The van der Waals surface area contributed by atoms with E-state index < -0.39 is 57.8 Å². The van der Waals surface area contributed by atoms with E-state index in [2.05, 4.69) is 45.1 Å². The summed E-state index contributed by atoms with van der Waals surface area (Å²) in [6, 6.07) is 0. The molecule has 76 heavy (non-hydrogen) atoms. The van der Waals surface area contributed by atoms with Crippen molar-refractivity contribution in [2.45, 2.75) is 341 Å². The second-order valence-electron chi connectivity index (χ2n) is 21.9. The summed E-state index contributed by atoms with van der Waals surface area (Å²) < 4.78 is 39.7. The number of carbonyl (C=O) groups is 3. The third-order valence-corrected chi connectivity index (χ3v) is 15.3. The van der Waals surface area contributed by atoms with Crippen LogP contribution in [-0.2, 0) is 42.2 Å². The summed E-state index contributed by atoms with van der Waals surface area (Å²) in [6.07, 6.45) is 61.3. The van der Waals surface area contributed by atoms with E-state index in [1.54, 1.807) is 0 Å². The molecule has 0 saturated heterocycles. The summed E-state index contributed by atoms with van der Waals surface area (Å²) in [4.78, 5) is 48.7. The van der Waals surface area contributed by atoms with Gasteiger partial charge in [0.15, 0.2) is 6.10 Å². The van der Waals surface area contributed by atoms with Gasteiger partial charge < -0.3 is 24.2 Å². The minimum Gasteiger partial charge on any atom is -0.462 e. The number of aliphatic hydroxyl groups is 1. The van der Waals surface area contributed by atoms with E-state index in [1.807, 2.05) is 0 Å². The Morgan fingerprint density at radius 3 is 1.03 bits per heavy atom. The predicted molar refractivity (Wildman–Crippen MR) is 316 cm³/mol. The van der Waals surface area contributed by atoms with Gasteiger partial charge in [0.2, 0.25) is 0 Å². The molecule has 0 heterocycles. The first kappa shape index (κ1) is 74.0. The Bertz CT molecular complexity index is 1370. The van der Waals surface area contributed by atoms with E-state index in [9.17, 15) is 28.9 Å². The van der Waals surface area contributed by atoms with Gasteiger partial charge in [-0.05, 0) is 44.9 Å². The van der Waals surface area contributed by atoms with Gasteiger partial charge in [-0.2, -0.15) is 0 Å². The van der Waals surface area contributed by atoms with Crippen LogP contribution in [0.15, 0.2) is 24.3 Å². The average Bonchev–Trinajstić information content (AvgIpc) is 3.41. The van der Waals surface area contributed by atoms with E-state index in [1.165, 1.54) is 186 Å². The van der Waals surface area contributed by atoms with Crippen LogP contribution in [0.3, 0.4) is 0 Å². The normalized spacial score (nSPS) is 13.4. The third-order valence-electron chi connectivity index (χ3n) is 14.4. The zero-order valence-corrected chi connectivity index (χ0v) is 50.6. The number of allylic oxidation sites excluding steroid dienone is 4. The zero-order valence-electron chi connectivity index (χ0n) is 49.7. The number of esters is 3. The van der Waals surface area contributed by atoms with Crippen LogP contribution in [0.4, 0.5) is 0 Å². The number of hydrogen-bond acceptors (Lipinski definition) is 10. The van der Waals surface area contributed by atoms with Gasteiger partial charge in [0.1, 0.15) is 12.7 Å². The van der Waals surface area contributed by atoms with Gasteiger partial charge in [-0.25, -0.2) is 4.57 Å². The van der Waals surface area contributed by atoms with Gasteiger partial charge >= 0.3 is 25.7 Å². The maximum Gasteiger partial charge on any atom is 0.472 e. The molecule has 0 aliphatic rings. The molecule has 3 atom stereocenters. The van der Waals surface area contributed by atoms with Crippen LogP contribution in [0, 0.1) is 0 Å². The van der Waals surface area contributed by atoms with Crippen molar-refractivity contribution in [1.29, 1.82) is 0 Å². The molecule has 3 unspecified atom stereocenters. The third kappa shape index (κ3) is 56.7. The summed E-state index contributed by atoms with van der Waals surface area (Å²) in [7, 11) is -4.75. The second kappa shape index (κ2) is 59.1. The molecule has 0 aromatic heterocycles. The smallest absolute Gasteiger partial charge is 0.462 e. The van der Waals surface area contributed by atoms with Crippen LogP contribution >= 0.6 is 7.82 Å². The number of phosphoric ester groups is 1. The molecule has 0 bridgehead atoms. The molecule has 0 aromatic rings. The van der Waals surface area contributed by atoms with Crippen molar-refractivity contribution in [2.24, 2.45) is 0 Å². The van der Waals surface area contributed by atoms with E-state index in [-0.39, 0.29) is 25.9 Å². The SMILES string of the molecule is CCC/C=C\C/C=C\CCCCCCCC(=O)OC(CO)COP(=O)(O)OCC(COC(=O)CCCCCCCCCCCCCCCCCCCCC)OC(=O)CCCCCCCCCCCCCCCCCCC. The highest BCUT2D eigenvalue weighted by molar-refractivity contribution is 7.47. The van der Waals surface area contributed by atoms with Crippen molar-refractivity contribution >= 4 is 25.7 Å². The molecule has 0 aromatic carbocycles. The van der Waals surface area contributed by atoms with Crippen molar-refractivity contribution in [3.8, 4) is 0 Å². The number of unbranched alkanes of at least 4 members (excludes halogenated alkanes) is 40. The molecule has 0 spiro atoms. The Kier molecular flexibility index (Phi) is 57.5. The second-order valence-corrected chi connectivity index (χ2v) is 23.4. The minimum absolute atomic E-state index is 0.165. The number of rotatable bonds is 61. The summed E-state index contributed by atoms with van der Waals surface area (Å²) in [5.41, 5.74) is 0. The molecule has 0 amide bonds. The van der Waals surface area contributed by atoms with Crippen molar-refractivity contribution in [3.05, 3.63) is 24.3 Å². The Hall–Kier alpha value is -2.04. The van der Waals surface area contributed by atoms with Crippen LogP contribution < -0.4 is 0 Å². The van der Waals surface area contributed by atoms with E-state index >= 15 is 0 Å². The fourth-order valence-electron chi connectivity index (χ4n) is 9.46. The van der Waals surface area contributed by atoms with Gasteiger partial charge in [-0.3, -0.25) is 23.4 Å². The Morgan fingerprint density at radius 1 is 0.368 bits per heavy atom. The number of carbonyl (C=O) groups excluding carboxylic acids is 3. The Labute approximate surface area is 468 Å². The lowest BCUT2D eigenvalue weighted by Crippen LogP contribution is -2.30. The zero-order chi connectivity index (χ0) is 55.5. The Morgan fingerprint density at radius 2 is 0.671 bits per heavy atom. The number of aliphatic hydroxyl groups excluding tert-OH is 1. The molecular weight excluding hydrogens is 976 g/mol. The van der Waals surface area contributed by atoms with Crippen molar-refractivity contribution < 1.29 is 52.2 Å². The van der Waals surface area contributed by atoms with Crippen molar-refractivity contribution in [2.75, 3.05) is 26.4 Å². The van der Waals surface area contributed by atoms with Gasteiger partial charge in [-0.15, -0.1) is 0 Å². The highest BCUT2D eigenvalue weighted by atomic mass is 31.2. The number of phosphoric acid groups is 1. The average molecular weight is 1100 g/mol. The fraction of sp³-hybridized carbons (Fsp3) is 0.891. The summed E-state index contributed by atoms with van der Waals surface area (Å²) in [5.74, 6) is -1.45. The van der Waals surface area contributed by atoms with Crippen molar-refractivity contribution in [1.82, 2.24) is 0 Å². The van der Waals surface area contributed by atoms with Crippen LogP contribution in [0.25, 0.3) is 0 Å². The number of ether oxygens (including phenoxy) is 3. The molecule has 448 valence electrons. The quantitative estimate of drug-likeness (QED) is 0.0197. The molecular formula is C64H121O11P. The van der Waals surface area contributed by atoms with Crippen LogP contribution in [-0.4, -0.2) is 66.5 Å². The standard InChI is InChI=1S/C64H121O11P/c1-4-7-10-13-16-19-22-25-27-29-30-32-33-36-38-41-44-47-50-53-62(66)71-57-61(75-64(68)55-52-49-46-43-40-37-34-31-28-26-23-20-17-14-11-8-5-2)59-73-76(69,70)72-58-60(56-65)74-63(67)54-51-48-45-42-39-35-24-21-18-15-12-9-6-3/h12,15,21,24,60-61,65H,4-11,13-14,16-20,22-23,25-59H2,1-3H3,(H,69,70)/b15-12-,24-21-. The highest BCUT2D eigenvalue weighted by Crippen LogP contribution is 2.43. The minimum atomic E-state index is -4.75. The largest absolute Gasteiger partial charge is 0.472 e. The fourth-order valence-corrected chi connectivity index (χ4v) is 10.2. The molecule has 11 nitrogen and oxygen atoms in total. The summed E-state index contributed by atoms with van der Waals surface area (Å²) in [6.45, 7) is 4.65. The van der Waals surface area contributed by atoms with E-state index in [4.69, 9.17) is 23.3 Å². The topological polar surface area (TPSA) is 155 Å². The van der Waals surface area contributed by atoms with Gasteiger partial charge in [0, 0.05) is 19.3 Å². The molecule has 0 aliphatic heterocycles. The molecule has 0 rings (SSSR count). The first-order chi connectivity index (χ1) is 37.2. The maximum absolute atomic E-state index is 12.9. The summed E-state index contributed by atoms with van der Waals surface area (Å²) >= 11 is 0. The summed E-state index contributed by atoms with van der Waals surface area (Å²) in [5, 5.41) is 9.83. The lowest BCUT2D eigenvalue weighted by atomic mass is 10.0. The highest BCUT2D eigenvalue weighted by Gasteiger charge is 2.28. The van der Waals surface area contributed by atoms with Crippen LogP contribution in [0.5, 0.6) is 0 Å². The first-order valence-corrected chi connectivity index (χ1v) is 33.7. The lowest BCUT2D eigenvalue weighted by molar-refractivity contribution is -0.161. The van der Waals surface area contributed by atoms with E-state index in [0.717, 1.165) is 83.5 Å². The number of hydrogen-bond donors (Lipinski definition) is 2. The predicted octanol–water partition coefficient (Wildman–Crippen LogP) is 19.4. The van der Waals surface area contributed by atoms with Gasteiger partial charge in [-0.1, -0.05) is 289 Å². The molecule has 0 aliphatic carbocycles. The van der Waals surface area contributed by atoms with E-state index in [0.29, 0.717) is 19.3 Å². The van der Waals surface area contributed by atoms with Crippen molar-refractivity contribution in [3.63, 3.8) is 0 Å². The first-order valence-electron chi connectivity index (χ1n) is 32.2. The maximum atomic E-state index is 12.9. The molecule has 12 heteroatoms. The molecule has 2 N–H and O–H groups in total. The monoisotopic (exact) mass is 1100 g/mol. The van der Waals surface area contributed by atoms with Gasteiger partial charge in [0.25, 0.3) is 0 Å². The molecule has 0 saturated carbocycles. The molecule has 0 fully saturated rings. The Balaban J connectivity index is 4.65.